The Kier molecular flexibility index (Phi) is 2.43. The Bertz CT molecular complexity index is 208. The Morgan fingerprint density at radius 2 is 1.62 bits per heavy atom. The van der Waals surface area contributed by atoms with Gasteiger partial charge in [-0.25, -0.2) is 0 Å². The van der Waals surface area contributed by atoms with Gasteiger partial charge in [0, 0.05) is 12.8 Å². The second-order valence-corrected chi connectivity index (χ2v) is 4.21. The maximum absolute atomic E-state index is 5.66. The third kappa shape index (κ3) is 1.79. The average Bonchev–Trinajstić information content (AvgIpc) is 2.54. The molecule has 0 aromatic heterocycles. The van der Waals surface area contributed by atoms with E-state index in [4.69, 9.17) is 9.47 Å². The lowest BCUT2D eigenvalue weighted by Crippen LogP contribution is -2.33. The molecule has 13 heavy (non-hydrogen) atoms. The first-order valence-corrected chi connectivity index (χ1v) is 5.15. The van der Waals surface area contributed by atoms with E-state index in [0.717, 1.165) is 38.9 Å². The van der Waals surface area contributed by atoms with E-state index in [-0.39, 0.29) is 5.79 Å². The molecule has 1 spiro atoms. The van der Waals surface area contributed by atoms with Crippen molar-refractivity contribution in [2.45, 2.75) is 45.3 Å². The Balaban J connectivity index is 1.99. The van der Waals surface area contributed by atoms with E-state index >= 15 is 0 Å². The SMILES string of the molecule is CC(C)=C1CCC2(CC1)OCCO2. The van der Waals surface area contributed by atoms with Gasteiger partial charge in [0.25, 0.3) is 0 Å². The molecule has 1 saturated heterocycles. The van der Waals surface area contributed by atoms with Crippen LogP contribution in [0.5, 0.6) is 0 Å². The average molecular weight is 182 g/mol. The second-order valence-electron chi connectivity index (χ2n) is 4.21. The fraction of sp³-hybridized carbons (Fsp3) is 0.818. The van der Waals surface area contributed by atoms with Crippen LogP contribution >= 0.6 is 0 Å². The minimum absolute atomic E-state index is 0.195. The van der Waals surface area contributed by atoms with Crippen molar-refractivity contribution in [3.05, 3.63) is 11.1 Å². The number of allylic oxidation sites excluding steroid dienone is 2. The predicted molar refractivity (Wildman–Crippen MR) is 51.5 cm³/mol. The lowest BCUT2D eigenvalue weighted by atomic mass is 9.87. The van der Waals surface area contributed by atoms with Crippen molar-refractivity contribution in [3.63, 3.8) is 0 Å². The zero-order valence-electron chi connectivity index (χ0n) is 8.56. The topological polar surface area (TPSA) is 18.5 Å². The van der Waals surface area contributed by atoms with Gasteiger partial charge < -0.3 is 9.47 Å². The maximum Gasteiger partial charge on any atom is 0.169 e. The van der Waals surface area contributed by atoms with Crippen molar-refractivity contribution >= 4 is 0 Å². The highest BCUT2D eigenvalue weighted by Crippen LogP contribution is 2.38. The molecule has 1 aliphatic carbocycles. The normalized spacial score (nSPS) is 26.8. The highest BCUT2D eigenvalue weighted by Gasteiger charge is 2.38. The van der Waals surface area contributed by atoms with Crippen molar-refractivity contribution in [2.75, 3.05) is 13.2 Å². The molecule has 0 radical (unpaired) electrons. The molecule has 2 heteroatoms. The van der Waals surface area contributed by atoms with E-state index in [1.165, 1.54) is 5.57 Å². The molecule has 1 heterocycles. The molecular formula is C11H18O2. The largest absolute Gasteiger partial charge is 0.348 e. The maximum atomic E-state index is 5.66. The van der Waals surface area contributed by atoms with Gasteiger partial charge in [-0.1, -0.05) is 11.1 Å². The minimum atomic E-state index is -0.195. The van der Waals surface area contributed by atoms with E-state index in [0.29, 0.717) is 0 Å². The Labute approximate surface area is 79.9 Å². The summed E-state index contributed by atoms with van der Waals surface area (Å²) in [5, 5.41) is 0. The molecule has 2 fully saturated rings. The third-order valence-corrected chi connectivity index (χ3v) is 3.14. The quantitative estimate of drug-likeness (QED) is 0.536. The molecule has 0 unspecified atom stereocenters. The van der Waals surface area contributed by atoms with Crippen LogP contribution in [0.4, 0.5) is 0 Å². The van der Waals surface area contributed by atoms with Gasteiger partial charge in [0.05, 0.1) is 13.2 Å². The van der Waals surface area contributed by atoms with Gasteiger partial charge >= 0.3 is 0 Å². The van der Waals surface area contributed by atoms with E-state index in [2.05, 4.69) is 13.8 Å². The van der Waals surface area contributed by atoms with Crippen molar-refractivity contribution in [1.82, 2.24) is 0 Å². The van der Waals surface area contributed by atoms with Crippen LogP contribution < -0.4 is 0 Å². The highest BCUT2D eigenvalue weighted by atomic mass is 16.7. The standard InChI is InChI=1S/C11H18O2/c1-9(2)10-3-5-11(6-4-10)12-7-8-13-11/h3-8H2,1-2H3. The molecule has 1 aliphatic heterocycles. The van der Waals surface area contributed by atoms with Crippen molar-refractivity contribution < 1.29 is 9.47 Å². The van der Waals surface area contributed by atoms with Crippen LogP contribution in [0.15, 0.2) is 11.1 Å². The van der Waals surface area contributed by atoms with Gasteiger partial charge in [0.1, 0.15) is 0 Å². The summed E-state index contributed by atoms with van der Waals surface area (Å²) in [6.45, 7) is 5.96. The summed E-state index contributed by atoms with van der Waals surface area (Å²) < 4.78 is 11.3. The molecule has 2 rings (SSSR count). The van der Waals surface area contributed by atoms with E-state index < -0.39 is 0 Å². The number of hydrogen-bond donors (Lipinski definition) is 0. The lowest BCUT2D eigenvalue weighted by molar-refractivity contribution is -0.171. The summed E-state index contributed by atoms with van der Waals surface area (Å²) in [6.07, 6.45) is 4.41. The predicted octanol–water partition coefficient (Wildman–Crippen LogP) is 2.64. The van der Waals surface area contributed by atoms with E-state index in [9.17, 15) is 0 Å². The number of hydrogen-bond acceptors (Lipinski definition) is 2. The summed E-state index contributed by atoms with van der Waals surface area (Å²) in [6, 6.07) is 0. The van der Waals surface area contributed by atoms with Crippen LogP contribution in [0.25, 0.3) is 0 Å². The number of rotatable bonds is 0. The summed E-state index contributed by atoms with van der Waals surface area (Å²) in [5.74, 6) is -0.195. The molecule has 1 saturated carbocycles. The Hall–Kier alpha value is -0.340. The first-order chi connectivity index (χ1) is 6.22. The van der Waals surface area contributed by atoms with Crippen molar-refractivity contribution in [1.29, 1.82) is 0 Å². The van der Waals surface area contributed by atoms with Gasteiger partial charge in [-0.15, -0.1) is 0 Å². The molecule has 74 valence electrons. The Morgan fingerprint density at radius 3 is 2.08 bits per heavy atom. The van der Waals surface area contributed by atoms with Crippen LogP contribution in [0.1, 0.15) is 39.5 Å². The van der Waals surface area contributed by atoms with Crippen molar-refractivity contribution in [2.24, 2.45) is 0 Å². The third-order valence-electron chi connectivity index (χ3n) is 3.14. The first kappa shape index (κ1) is 9.22. The fourth-order valence-electron chi connectivity index (χ4n) is 2.22. The Morgan fingerprint density at radius 1 is 1.08 bits per heavy atom. The van der Waals surface area contributed by atoms with Gasteiger partial charge in [-0.05, 0) is 26.7 Å². The molecule has 0 atom stereocenters. The van der Waals surface area contributed by atoms with Crippen LogP contribution in [-0.4, -0.2) is 19.0 Å². The molecule has 2 nitrogen and oxygen atoms in total. The zero-order valence-corrected chi connectivity index (χ0v) is 8.56. The van der Waals surface area contributed by atoms with Crippen LogP contribution in [0, 0.1) is 0 Å². The second kappa shape index (κ2) is 3.43. The summed E-state index contributed by atoms with van der Waals surface area (Å²) in [4.78, 5) is 0. The summed E-state index contributed by atoms with van der Waals surface area (Å²) in [7, 11) is 0. The van der Waals surface area contributed by atoms with Gasteiger partial charge in [-0.2, -0.15) is 0 Å². The smallest absolute Gasteiger partial charge is 0.169 e. The molecule has 0 amide bonds. The zero-order chi connectivity index (χ0) is 9.31. The fourth-order valence-corrected chi connectivity index (χ4v) is 2.22. The molecule has 0 N–H and O–H groups in total. The summed E-state index contributed by atoms with van der Waals surface area (Å²) in [5.41, 5.74) is 3.08. The number of ether oxygens (including phenoxy) is 2. The molecule has 0 bridgehead atoms. The molecule has 0 aromatic carbocycles. The lowest BCUT2D eigenvalue weighted by Gasteiger charge is -2.33. The van der Waals surface area contributed by atoms with Crippen LogP contribution in [0.2, 0.25) is 0 Å². The minimum Gasteiger partial charge on any atom is -0.348 e. The van der Waals surface area contributed by atoms with Gasteiger partial charge in [0.15, 0.2) is 5.79 Å². The summed E-state index contributed by atoms with van der Waals surface area (Å²) >= 11 is 0. The highest BCUT2D eigenvalue weighted by molar-refractivity contribution is 5.13. The molecule has 0 aromatic rings. The molecular weight excluding hydrogens is 164 g/mol. The van der Waals surface area contributed by atoms with Crippen LogP contribution in [0.3, 0.4) is 0 Å². The van der Waals surface area contributed by atoms with E-state index in [1.54, 1.807) is 5.57 Å². The van der Waals surface area contributed by atoms with E-state index in [1.807, 2.05) is 0 Å². The van der Waals surface area contributed by atoms with Crippen LogP contribution in [-0.2, 0) is 9.47 Å². The molecule has 2 aliphatic rings. The monoisotopic (exact) mass is 182 g/mol. The van der Waals surface area contributed by atoms with Crippen molar-refractivity contribution in [3.8, 4) is 0 Å². The van der Waals surface area contributed by atoms with Gasteiger partial charge in [-0.3, -0.25) is 0 Å². The van der Waals surface area contributed by atoms with Gasteiger partial charge in [0.2, 0.25) is 0 Å². The first-order valence-electron chi connectivity index (χ1n) is 5.15.